The molecule has 1 amide bonds. The van der Waals surface area contributed by atoms with Gasteiger partial charge in [0.1, 0.15) is 0 Å². The molecular weight excluding hydrogens is 396 g/mol. The van der Waals surface area contributed by atoms with E-state index in [1.807, 2.05) is 42.8 Å². The Morgan fingerprint density at radius 3 is 2.77 bits per heavy atom. The smallest absolute Gasteiger partial charge is 0.276 e. The summed E-state index contributed by atoms with van der Waals surface area (Å²) in [6.45, 7) is 1.92. The van der Waals surface area contributed by atoms with E-state index in [-0.39, 0.29) is 5.91 Å². The van der Waals surface area contributed by atoms with E-state index in [0.29, 0.717) is 17.2 Å². The molecule has 0 bridgehead atoms. The lowest BCUT2D eigenvalue weighted by Crippen LogP contribution is -2.13. The van der Waals surface area contributed by atoms with Crippen LogP contribution in [0.15, 0.2) is 72.5 Å². The van der Waals surface area contributed by atoms with E-state index in [1.165, 1.54) is 0 Å². The Hall–Kier alpha value is -3.91. The number of amides is 1. The van der Waals surface area contributed by atoms with Gasteiger partial charge in [0, 0.05) is 29.3 Å². The third kappa shape index (κ3) is 3.44. The number of thiazole rings is 1. The molecule has 4 heterocycles. The van der Waals surface area contributed by atoms with Crippen LogP contribution in [-0.4, -0.2) is 30.6 Å². The zero-order chi connectivity index (χ0) is 20.5. The number of pyridine rings is 2. The summed E-state index contributed by atoms with van der Waals surface area (Å²) in [5.41, 5.74) is 6.31. The Morgan fingerprint density at radius 2 is 1.93 bits per heavy atom. The predicted molar refractivity (Wildman–Crippen MR) is 117 cm³/mol. The molecule has 4 aromatic heterocycles. The summed E-state index contributed by atoms with van der Waals surface area (Å²) in [5, 5.41) is 7.43. The monoisotopic (exact) mass is 412 g/mol. The zero-order valence-corrected chi connectivity index (χ0v) is 16.8. The van der Waals surface area contributed by atoms with Crippen LogP contribution in [0.2, 0.25) is 0 Å². The van der Waals surface area contributed by atoms with Crippen molar-refractivity contribution in [2.24, 2.45) is 0 Å². The van der Waals surface area contributed by atoms with Gasteiger partial charge in [0.15, 0.2) is 11.5 Å². The molecule has 7 nitrogen and oxygen atoms in total. The molecule has 146 valence electrons. The minimum Gasteiger partial charge on any atom is -0.320 e. The lowest BCUT2D eigenvalue weighted by atomic mass is 10.1. The molecule has 0 saturated heterocycles. The van der Waals surface area contributed by atoms with Crippen LogP contribution in [0.3, 0.4) is 0 Å². The molecule has 1 aromatic carbocycles. The molecule has 0 aliphatic carbocycles. The fraction of sp³-hybridized carbons (Fsp3) is 0.0455. The molecular formula is C22H16N6OS. The number of nitrogens with one attached hydrogen (secondary N) is 1. The predicted octanol–water partition coefficient (Wildman–Crippen LogP) is 4.50. The van der Waals surface area contributed by atoms with Crippen molar-refractivity contribution in [1.29, 1.82) is 0 Å². The number of hydrogen-bond acceptors (Lipinski definition) is 6. The number of nitrogens with zero attached hydrogens (tertiary/aromatic N) is 5. The van der Waals surface area contributed by atoms with Gasteiger partial charge in [-0.3, -0.25) is 9.78 Å². The SMILES string of the molecule is Cc1cccc(-n2nc(C(=O)Nc3ccncc3)cc2-c2ccc3ncsc3c2)n1. The lowest BCUT2D eigenvalue weighted by molar-refractivity contribution is 0.102. The maximum Gasteiger partial charge on any atom is 0.276 e. The highest BCUT2D eigenvalue weighted by Gasteiger charge is 2.18. The van der Waals surface area contributed by atoms with E-state index in [9.17, 15) is 4.79 Å². The Balaban J connectivity index is 1.61. The van der Waals surface area contributed by atoms with Crippen molar-refractivity contribution in [2.75, 3.05) is 5.32 Å². The van der Waals surface area contributed by atoms with E-state index >= 15 is 0 Å². The van der Waals surface area contributed by atoms with Crippen molar-refractivity contribution in [3.05, 3.63) is 83.9 Å². The quantitative estimate of drug-likeness (QED) is 0.470. The second-order valence-corrected chi connectivity index (χ2v) is 7.58. The van der Waals surface area contributed by atoms with E-state index in [1.54, 1.807) is 46.6 Å². The van der Waals surface area contributed by atoms with Gasteiger partial charge in [-0.15, -0.1) is 11.3 Å². The topological polar surface area (TPSA) is 85.6 Å². The highest BCUT2D eigenvalue weighted by Crippen LogP contribution is 2.28. The number of aromatic nitrogens is 5. The zero-order valence-electron chi connectivity index (χ0n) is 16.0. The summed E-state index contributed by atoms with van der Waals surface area (Å²) in [6, 6.07) is 17.0. The highest BCUT2D eigenvalue weighted by molar-refractivity contribution is 7.16. The molecule has 0 aliphatic rings. The van der Waals surface area contributed by atoms with Crippen molar-refractivity contribution >= 4 is 33.1 Å². The number of anilines is 1. The van der Waals surface area contributed by atoms with Gasteiger partial charge in [-0.05, 0) is 49.4 Å². The first-order valence-electron chi connectivity index (χ1n) is 9.26. The molecule has 0 radical (unpaired) electrons. The second-order valence-electron chi connectivity index (χ2n) is 6.69. The summed E-state index contributed by atoms with van der Waals surface area (Å²) in [7, 11) is 0. The first kappa shape index (κ1) is 18.1. The number of carbonyl (C=O) groups excluding carboxylic acids is 1. The normalized spacial score (nSPS) is 11.0. The number of benzene rings is 1. The van der Waals surface area contributed by atoms with Crippen molar-refractivity contribution in [1.82, 2.24) is 24.7 Å². The number of hydrogen-bond donors (Lipinski definition) is 1. The lowest BCUT2D eigenvalue weighted by Gasteiger charge is -2.07. The van der Waals surface area contributed by atoms with Gasteiger partial charge in [0.2, 0.25) is 0 Å². The van der Waals surface area contributed by atoms with Crippen LogP contribution in [0, 0.1) is 6.92 Å². The third-order valence-corrected chi connectivity index (χ3v) is 5.39. The first-order chi connectivity index (χ1) is 14.7. The highest BCUT2D eigenvalue weighted by atomic mass is 32.1. The van der Waals surface area contributed by atoms with Gasteiger partial charge >= 0.3 is 0 Å². The molecule has 5 aromatic rings. The fourth-order valence-electron chi connectivity index (χ4n) is 3.16. The van der Waals surface area contributed by atoms with Crippen molar-refractivity contribution in [3.63, 3.8) is 0 Å². The second kappa shape index (κ2) is 7.49. The van der Waals surface area contributed by atoms with Crippen LogP contribution < -0.4 is 5.32 Å². The molecule has 1 N–H and O–H groups in total. The fourth-order valence-corrected chi connectivity index (χ4v) is 3.88. The largest absolute Gasteiger partial charge is 0.320 e. The number of rotatable bonds is 4. The van der Waals surface area contributed by atoms with Crippen LogP contribution in [0.1, 0.15) is 16.2 Å². The van der Waals surface area contributed by atoms with E-state index in [4.69, 9.17) is 0 Å². The standard InChI is InChI=1S/C22H16N6OS/c1-14-3-2-4-21(25-14)28-19(15-5-6-17-20(11-15)30-13-24-17)12-18(27-28)22(29)26-16-7-9-23-10-8-16/h2-13H,1H3,(H,23,26,29). The molecule has 8 heteroatoms. The Labute approximate surface area is 176 Å². The number of fused-ring (bicyclic) bond motifs is 1. The van der Waals surface area contributed by atoms with Crippen LogP contribution >= 0.6 is 11.3 Å². The summed E-state index contributed by atoms with van der Waals surface area (Å²) in [5.74, 6) is 0.352. The number of aryl methyl sites for hydroxylation is 1. The summed E-state index contributed by atoms with van der Waals surface area (Å²) in [6.07, 6.45) is 3.25. The van der Waals surface area contributed by atoms with Gasteiger partial charge in [0.25, 0.3) is 5.91 Å². The minimum absolute atomic E-state index is 0.298. The van der Waals surface area contributed by atoms with Gasteiger partial charge in [-0.1, -0.05) is 12.1 Å². The van der Waals surface area contributed by atoms with Crippen LogP contribution in [-0.2, 0) is 0 Å². The maximum atomic E-state index is 12.8. The molecule has 30 heavy (non-hydrogen) atoms. The maximum absolute atomic E-state index is 12.8. The molecule has 5 rings (SSSR count). The molecule has 0 aliphatic heterocycles. The molecule has 0 unspecified atom stereocenters. The van der Waals surface area contributed by atoms with E-state index < -0.39 is 0 Å². The molecule has 0 fully saturated rings. The summed E-state index contributed by atoms with van der Waals surface area (Å²) in [4.78, 5) is 25.7. The average Bonchev–Trinajstić information content (AvgIpc) is 3.41. The van der Waals surface area contributed by atoms with E-state index in [2.05, 4.69) is 31.4 Å². The van der Waals surface area contributed by atoms with Gasteiger partial charge < -0.3 is 5.32 Å². The van der Waals surface area contributed by atoms with Crippen LogP contribution in [0.4, 0.5) is 5.69 Å². The van der Waals surface area contributed by atoms with Gasteiger partial charge in [0.05, 0.1) is 21.4 Å². The Morgan fingerprint density at radius 1 is 1.07 bits per heavy atom. The van der Waals surface area contributed by atoms with Crippen molar-refractivity contribution < 1.29 is 4.79 Å². The van der Waals surface area contributed by atoms with Crippen molar-refractivity contribution in [3.8, 4) is 17.1 Å². The van der Waals surface area contributed by atoms with E-state index in [0.717, 1.165) is 27.2 Å². The molecule has 0 saturated carbocycles. The van der Waals surface area contributed by atoms with Crippen LogP contribution in [0.5, 0.6) is 0 Å². The number of carbonyl (C=O) groups is 1. The van der Waals surface area contributed by atoms with Gasteiger partial charge in [-0.2, -0.15) is 5.10 Å². The van der Waals surface area contributed by atoms with Crippen LogP contribution in [0.25, 0.3) is 27.3 Å². The average molecular weight is 412 g/mol. The van der Waals surface area contributed by atoms with Gasteiger partial charge in [-0.25, -0.2) is 14.6 Å². The van der Waals surface area contributed by atoms with Crippen molar-refractivity contribution in [2.45, 2.75) is 6.92 Å². The Kier molecular flexibility index (Phi) is 4.53. The first-order valence-corrected chi connectivity index (χ1v) is 10.1. The Bertz CT molecular complexity index is 1360. The summed E-state index contributed by atoms with van der Waals surface area (Å²) < 4.78 is 2.77. The minimum atomic E-state index is -0.298. The summed E-state index contributed by atoms with van der Waals surface area (Å²) >= 11 is 1.57. The molecule has 0 atom stereocenters. The molecule has 0 spiro atoms. The third-order valence-electron chi connectivity index (χ3n) is 4.60.